The third kappa shape index (κ3) is 3.29. The summed E-state index contributed by atoms with van der Waals surface area (Å²) in [5.74, 6) is -0.183. The van der Waals surface area contributed by atoms with Gasteiger partial charge in [0.15, 0.2) is 0 Å². The van der Waals surface area contributed by atoms with Crippen molar-refractivity contribution in [2.24, 2.45) is 0 Å². The molecule has 3 rings (SSSR count). The fraction of sp³-hybridized carbons (Fsp3) is 0.444. The predicted molar refractivity (Wildman–Crippen MR) is 88.0 cm³/mol. The van der Waals surface area contributed by atoms with Crippen molar-refractivity contribution in [3.63, 3.8) is 0 Å². The topological polar surface area (TPSA) is 47.4 Å². The molecule has 5 heteroatoms. The van der Waals surface area contributed by atoms with E-state index in [1.54, 1.807) is 0 Å². The van der Waals surface area contributed by atoms with Gasteiger partial charge in [-0.1, -0.05) is 24.3 Å². The van der Waals surface area contributed by atoms with E-state index in [0.717, 1.165) is 37.1 Å². The molecule has 0 aliphatic carbocycles. The summed E-state index contributed by atoms with van der Waals surface area (Å²) in [4.78, 5) is 14.6. The van der Waals surface area contributed by atoms with E-state index in [1.807, 2.05) is 54.3 Å². The third-order valence-electron chi connectivity index (χ3n) is 4.67. The van der Waals surface area contributed by atoms with Crippen molar-refractivity contribution < 1.29 is 9.53 Å². The lowest BCUT2D eigenvalue weighted by Crippen LogP contribution is -2.41. The summed E-state index contributed by atoms with van der Waals surface area (Å²) < 4.78 is 7.10. The maximum atomic E-state index is 12.4. The second-order valence-electron chi connectivity index (χ2n) is 6.04. The highest BCUT2D eigenvalue weighted by Crippen LogP contribution is 2.31. The lowest BCUT2D eigenvalue weighted by atomic mass is 9.96. The van der Waals surface area contributed by atoms with Gasteiger partial charge >= 0.3 is 5.97 Å². The van der Waals surface area contributed by atoms with Gasteiger partial charge in [-0.3, -0.25) is 9.58 Å². The SMILES string of the molecule is COC(=O)[C@@H](c1ccccc1C)N1CCC(n2cccn2)CC1. The number of hydrogen-bond donors (Lipinski definition) is 0. The summed E-state index contributed by atoms with van der Waals surface area (Å²) in [6.07, 6.45) is 5.80. The summed E-state index contributed by atoms with van der Waals surface area (Å²) in [5, 5.41) is 4.34. The van der Waals surface area contributed by atoms with E-state index < -0.39 is 0 Å². The average Bonchev–Trinajstić information content (AvgIpc) is 3.12. The molecule has 1 aliphatic heterocycles. The summed E-state index contributed by atoms with van der Waals surface area (Å²) in [7, 11) is 1.46. The number of rotatable bonds is 4. The fourth-order valence-corrected chi connectivity index (χ4v) is 3.38. The number of carbonyl (C=O) groups excluding carboxylic acids is 1. The number of benzene rings is 1. The van der Waals surface area contributed by atoms with Crippen molar-refractivity contribution in [1.82, 2.24) is 14.7 Å². The number of carbonyl (C=O) groups is 1. The van der Waals surface area contributed by atoms with E-state index in [4.69, 9.17) is 4.74 Å². The van der Waals surface area contributed by atoms with Crippen LogP contribution >= 0.6 is 0 Å². The Morgan fingerprint density at radius 1 is 1.26 bits per heavy atom. The predicted octanol–water partition coefficient (Wildman–Crippen LogP) is 2.74. The average molecular weight is 313 g/mol. The Labute approximate surface area is 136 Å². The zero-order valence-corrected chi connectivity index (χ0v) is 13.7. The molecule has 1 aliphatic rings. The van der Waals surface area contributed by atoms with Crippen LogP contribution in [0.25, 0.3) is 0 Å². The van der Waals surface area contributed by atoms with Crippen molar-refractivity contribution in [3.8, 4) is 0 Å². The first-order valence-electron chi connectivity index (χ1n) is 8.07. The lowest BCUT2D eigenvalue weighted by molar-refractivity contribution is -0.148. The first-order chi connectivity index (χ1) is 11.2. The summed E-state index contributed by atoms with van der Waals surface area (Å²) in [6, 6.07) is 10.1. The molecular formula is C18H23N3O2. The van der Waals surface area contributed by atoms with E-state index in [0.29, 0.717) is 6.04 Å². The van der Waals surface area contributed by atoms with Crippen LogP contribution < -0.4 is 0 Å². The molecule has 1 saturated heterocycles. The number of methoxy groups -OCH3 is 1. The van der Waals surface area contributed by atoms with Crippen LogP contribution in [-0.2, 0) is 9.53 Å². The first kappa shape index (κ1) is 15.7. The van der Waals surface area contributed by atoms with Crippen LogP contribution in [0, 0.1) is 6.92 Å². The van der Waals surface area contributed by atoms with Crippen LogP contribution in [0.3, 0.4) is 0 Å². The molecule has 0 radical (unpaired) electrons. The van der Waals surface area contributed by atoms with Crippen molar-refractivity contribution in [3.05, 3.63) is 53.9 Å². The second kappa shape index (κ2) is 6.96. The van der Waals surface area contributed by atoms with Gasteiger partial charge in [0.2, 0.25) is 0 Å². The summed E-state index contributed by atoms with van der Waals surface area (Å²) in [6.45, 7) is 3.76. The minimum absolute atomic E-state index is 0.183. The highest BCUT2D eigenvalue weighted by atomic mass is 16.5. The number of likely N-dealkylation sites (tertiary alicyclic amines) is 1. The number of hydrogen-bond acceptors (Lipinski definition) is 4. The zero-order valence-electron chi connectivity index (χ0n) is 13.7. The molecule has 1 atom stereocenters. The fourth-order valence-electron chi connectivity index (χ4n) is 3.38. The monoisotopic (exact) mass is 313 g/mol. The van der Waals surface area contributed by atoms with Crippen molar-refractivity contribution in [2.75, 3.05) is 20.2 Å². The molecule has 1 aromatic heterocycles. The van der Waals surface area contributed by atoms with Gasteiger partial charge in [0.05, 0.1) is 13.2 Å². The molecule has 2 heterocycles. The van der Waals surface area contributed by atoms with E-state index in [-0.39, 0.29) is 12.0 Å². The highest BCUT2D eigenvalue weighted by Gasteiger charge is 2.33. The standard InChI is InChI=1S/C18H23N3O2/c1-14-6-3-4-7-16(14)17(18(22)23-2)20-12-8-15(9-13-20)21-11-5-10-19-21/h3-7,10-11,15,17H,8-9,12-13H2,1-2H3/t17-/m1/s1. The van der Waals surface area contributed by atoms with Crippen molar-refractivity contribution in [1.29, 1.82) is 0 Å². The zero-order chi connectivity index (χ0) is 16.2. The van der Waals surface area contributed by atoms with Gasteiger partial charge in [0.1, 0.15) is 6.04 Å². The number of esters is 1. The van der Waals surface area contributed by atoms with Gasteiger partial charge in [-0.05, 0) is 37.0 Å². The van der Waals surface area contributed by atoms with Crippen LogP contribution in [0.5, 0.6) is 0 Å². The molecule has 5 nitrogen and oxygen atoms in total. The quantitative estimate of drug-likeness (QED) is 0.814. The summed E-state index contributed by atoms with van der Waals surface area (Å²) >= 11 is 0. The van der Waals surface area contributed by atoms with Gasteiger partial charge in [0.25, 0.3) is 0 Å². The molecular weight excluding hydrogens is 290 g/mol. The van der Waals surface area contributed by atoms with Crippen LogP contribution in [0.1, 0.15) is 36.1 Å². The minimum atomic E-state index is -0.320. The minimum Gasteiger partial charge on any atom is -0.468 e. The number of nitrogens with zero attached hydrogens (tertiary/aromatic N) is 3. The molecule has 122 valence electrons. The van der Waals surface area contributed by atoms with Crippen molar-refractivity contribution in [2.45, 2.75) is 31.8 Å². The number of piperidine rings is 1. The molecule has 2 aromatic rings. The van der Waals surface area contributed by atoms with Crippen molar-refractivity contribution >= 4 is 5.97 Å². The lowest BCUT2D eigenvalue weighted by Gasteiger charge is -2.36. The number of aromatic nitrogens is 2. The Morgan fingerprint density at radius 3 is 2.61 bits per heavy atom. The van der Waals surface area contributed by atoms with Crippen LogP contribution in [0.2, 0.25) is 0 Å². The molecule has 0 saturated carbocycles. The Kier molecular flexibility index (Phi) is 4.76. The number of aryl methyl sites for hydroxylation is 1. The second-order valence-corrected chi connectivity index (χ2v) is 6.04. The highest BCUT2D eigenvalue weighted by molar-refractivity contribution is 5.78. The molecule has 0 unspecified atom stereocenters. The Morgan fingerprint density at radius 2 is 2.00 bits per heavy atom. The Bertz CT molecular complexity index is 646. The van der Waals surface area contributed by atoms with E-state index in [1.165, 1.54) is 7.11 Å². The van der Waals surface area contributed by atoms with E-state index in [9.17, 15) is 4.79 Å². The van der Waals surface area contributed by atoms with E-state index >= 15 is 0 Å². The third-order valence-corrected chi connectivity index (χ3v) is 4.67. The Balaban J connectivity index is 1.77. The number of ether oxygens (including phenoxy) is 1. The van der Waals surface area contributed by atoms with Gasteiger partial charge in [-0.15, -0.1) is 0 Å². The van der Waals surface area contributed by atoms with Crippen LogP contribution in [0.15, 0.2) is 42.7 Å². The largest absolute Gasteiger partial charge is 0.468 e. The maximum absolute atomic E-state index is 12.4. The molecule has 0 spiro atoms. The normalized spacial score (nSPS) is 17.8. The van der Waals surface area contributed by atoms with E-state index in [2.05, 4.69) is 10.00 Å². The van der Waals surface area contributed by atoms with Gasteiger partial charge in [0, 0.05) is 25.5 Å². The maximum Gasteiger partial charge on any atom is 0.327 e. The molecule has 0 N–H and O–H groups in total. The summed E-state index contributed by atoms with van der Waals surface area (Å²) in [5.41, 5.74) is 2.16. The molecule has 1 aromatic carbocycles. The van der Waals surface area contributed by atoms with Gasteiger partial charge < -0.3 is 4.74 Å². The molecule has 1 fully saturated rings. The van der Waals surface area contributed by atoms with Crippen LogP contribution in [0.4, 0.5) is 0 Å². The molecule has 0 amide bonds. The van der Waals surface area contributed by atoms with Crippen LogP contribution in [-0.4, -0.2) is 40.8 Å². The van der Waals surface area contributed by atoms with Gasteiger partial charge in [-0.25, -0.2) is 4.79 Å². The molecule has 0 bridgehead atoms. The smallest absolute Gasteiger partial charge is 0.327 e. The molecule has 23 heavy (non-hydrogen) atoms. The Hall–Kier alpha value is -2.14. The van der Waals surface area contributed by atoms with Gasteiger partial charge in [-0.2, -0.15) is 5.10 Å². The first-order valence-corrected chi connectivity index (χ1v) is 8.07.